The van der Waals surface area contributed by atoms with Crippen molar-refractivity contribution in [1.29, 1.82) is 0 Å². The van der Waals surface area contributed by atoms with Crippen LogP contribution in [0.15, 0.2) is 6.07 Å². The Morgan fingerprint density at radius 2 is 1.95 bits per heavy atom. The SMILES string of the molecule is CC(CNc1c(N)cc(N)c(Cl)c1F)N1CCCCC1. The molecule has 0 aliphatic carbocycles. The molecule has 0 spiro atoms. The number of nitrogens with two attached hydrogens (primary N) is 2. The molecule has 1 aromatic carbocycles. The van der Waals surface area contributed by atoms with Crippen molar-refractivity contribution in [3.8, 4) is 0 Å². The number of nitrogens with one attached hydrogen (secondary N) is 1. The smallest absolute Gasteiger partial charge is 0.169 e. The molecule has 112 valence electrons. The topological polar surface area (TPSA) is 67.3 Å². The van der Waals surface area contributed by atoms with Crippen LogP contribution < -0.4 is 16.8 Å². The zero-order chi connectivity index (χ0) is 14.7. The van der Waals surface area contributed by atoms with E-state index < -0.39 is 5.82 Å². The number of hydrogen-bond donors (Lipinski definition) is 3. The lowest BCUT2D eigenvalue weighted by Crippen LogP contribution is -2.41. The van der Waals surface area contributed by atoms with Gasteiger partial charge in [-0.2, -0.15) is 0 Å². The molecule has 1 fully saturated rings. The summed E-state index contributed by atoms with van der Waals surface area (Å²) in [6, 6.07) is 1.81. The van der Waals surface area contributed by atoms with E-state index in [1.165, 1.54) is 25.3 Å². The summed E-state index contributed by atoms with van der Waals surface area (Å²) >= 11 is 5.81. The highest BCUT2D eigenvalue weighted by Crippen LogP contribution is 2.33. The van der Waals surface area contributed by atoms with Crippen LogP contribution in [0.5, 0.6) is 0 Å². The Balaban J connectivity index is 2.01. The van der Waals surface area contributed by atoms with E-state index in [4.69, 9.17) is 23.1 Å². The molecule has 1 heterocycles. The summed E-state index contributed by atoms with van der Waals surface area (Å²) in [7, 11) is 0. The molecule has 20 heavy (non-hydrogen) atoms. The highest BCUT2D eigenvalue weighted by Gasteiger charge is 2.19. The van der Waals surface area contributed by atoms with Crippen LogP contribution in [-0.4, -0.2) is 30.6 Å². The molecular weight excluding hydrogens is 279 g/mol. The molecule has 0 saturated carbocycles. The molecule has 1 aromatic rings. The molecule has 1 atom stereocenters. The van der Waals surface area contributed by atoms with Gasteiger partial charge >= 0.3 is 0 Å². The van der Waals surface area contributed by atoms with Crippen molar-refractivity contribution in [2.75, 3.05) is 36.4 Å². The second kappa shape index (κ2) is 6.50. The van der Waals surface area contributed by atoms with E-state index in [1.54, 1.807) is 0 Å². The largest absolute Gasteiger partial charge is 0.397 e. The second-order valence-electron chi connectivity index (χ2n) is 5.38. The van der Waals surface area contributed by atoms with Crippen LogP contribution in [0, 0.1) is 5.82 Å². The highest BCUT2D eigenvalue weighted by atomic mass is 35.5. The van der Waals surface area contributed by atoms with Crippen molar-refractivity contribution in [1.82, 2.24) is 4.90 Å². The van der Waals surface area contributed by atoms with Crippen LogP contribution in [0.3, 0.4) is 0 Å². The molecule has 1 aliphatic rings. The number of piperidine rings is 1. The molecule has 4 nitrogen and oxygen atoms in total. The summed E-state index contributed by atoms with van der Waals surface area (Å²) in [6.07, 6.45) is 3.76. The Hall–Kier alpha value is -1.20. The molecule has 0 amide bonds. The maximum Gasteiger partial charge on any atom is 0.169 e. The first-order valence-corrected chi connectivity index (χ1v) is 7.39. The summed E-state index contributed by atoms with van der Waals surface area (Å²) in [5.74, 6) is -0.574. The van der Waals surface area contributed by atoms with Gasteiger partial charge < -0.3 is 16.8 Å². The number of anilines is 3. The zero-order valence-corrected chi connectivity index (χ0v) is 12.5. The van der Waals surface area contributed by atoms with Crippen molar-refractivity contribution < 1.29 is 4.39 Å². The van der Waals surface area contributed by atoms with E-state index in [0.29, 0.717) is 12.6 Å². The number of nitrogens with zero attached hydrogens (tertiary/aromatic N) is 1. The summed E-state index contributed by atoms with van der Waals surface area (Å²) in [6.45, 7) is 4.96. The molecule has 0 aromatic heterocycles. The maximum atomic E-state index is 14.0. The minimum atomic E-state index is -0.574. The number of rotatable bonds is 4. The fourth-order valence-corrected chi connectivity index (χ4v) is 2.73. The van der Waals surface area contributed by atoms with E-state index >= 15 is 0 Å². The van der Waals surface area contributed by atoms with E-state index in [0.717, 1.165) is 13.1 Å². The third kappa shape index (κ3) is 3.27. The van der Waals surface area contributed by atoms with Gasteiger partial charge in [0.15, 0.2) is 5.82 Å². The van der Waals surface area contributed by atoms with E-state index in [9.17, 15) is 4.39 Å². The second-order valence-corrected chi connectivity index (χ2v) is 5.76. The molecule has 5 N–H and O–H groups in total. The van der Waals surface area contributed by atoms with E-state index in [1.807, 2.05) is 0 Å². The summed E-state index contributed by atoms with van der Waals surface area (Å²) < 4.78 is 14.0. The van der Waals surface area contributed by atoms with Gasteiger partial charge in [-0.15, -0.1) is 0 Å². The molecule has 1 aliphatic heterocycles. The van der Waals surface area contributed by atoms with Gasteiger partial charge in [-0.3, -0.25) is 4.90 Å². The Kier molecular flexibility index (Phi) is 4.94. The van der Waals surface area contributed by atoms with E-state index in [-0.39, 0.29) is 22.1 Å². The standard InChI is InChI=1S/C14H22ClFN4/c1-9(20-5-3-2-4-6-20)8-19-14-11(18)7-10(17)12(15)13(14)16/h7,9,19H,2-6,8,17-18H2,1H3. The lowest BCUT2D eigenvalue weighted by atomic mass is 10.1. The molecule has 0 bridgehead atoms. The molecule has 6 heteroatoms. The minimum Gasteiger partial charge on any atom is -0.397 e. The first-order chi connectivity index (χ1) is 9.50. The molecule has 1 saturated heterocycles. The quantitative estimate of drug-likeness (QED) is 0.748. The average molecular weight is 301 g/mol. The van der Waals surface area contributed by atoms with Crippen LogP contribution >= 0.6 is 11.6 Å². The Morgan fingerprint density at radius 3 is 2.60 bits per heavy atom. The highest BCUT2D eigenvalue weighted by molar-refractivity contribution is 6.33. The normalized spacial score (nSPS) is 17.9. The molecular formula is C14H22ClFN4. The third-order valence-corrected chi connectivity index (χ3v) is 4.24. The number of likely N-dealkylation sites (tertiary alicyclic amines) is 1. The predicted octanol–water partition coefficient (Wildman–Crippen LogP) is 2.93. The van der Waals surface area contributed by atoms with Crippen LogP contribution in [0.4, 0.5) is 21.5 Å². The van der Waals surface area contributed by atoms with Gasteiger partial charge in [-0.25, -0.2) is 4.39 Å². The number of benzene rings is 1. The van der Waals surface area contributed by atoms with Gasteiger partial charge in [0.1, 0.15) is 5.02 Å². The zero-order valence-electron chi connectivity index (χ0n) is 11.8. The van der Waals surface area contributed by atoms with Gasteiger partial charge in [-0.1, -0.05) is 18.0 Å². The molecule has 1 unspecified atom stereocenters. The van der Waals surface area contributed by atoms with Crippen molar-refractivity contribution in [3.05, 3.63) is 16.9 Å². The van der Waals surface area contributed by atoms with Crippen LogP contribution in [0.1, 0.15) is 26.2 Å². The minimum absolute atomic E-state index is 0.0766. The van der Waals surface area contributed by atoms with Gasteiger partial charge in [0.25, 0.3) is 0 Å². The van der Waals surface area contributed by atoms with Crippen LogP contribution in [-0.2, 0) is 0 Å². The fourth-order valence-electron chi connectivity index (χ4n) is 2.58. The fraction of sp³-hybridized carbons (Fsp3) is 0.571. The van der Waals surface area contributed by atoms with Crippen molar-refractivity contribution in [2.24, 2.45) is 0 Å². The lowest BCUT2D eigenvalue weighted by Gasteiger charge is -2.32. The van der Waals surface area contributed by atoms with Gasteiger partial charge in [0.2, 0.25) is 0 Å². The Labute approximate surface area is 124 Å². The summed E-state index contributed by atoms with van der Waals surface area (Å²) in [5.41, 5.74) is 12.1. The summed E-state index contributed by atoms with van der Waals surface area (Å²) in [5, 5.41) is 2.99. The Morgan fingerprint density at radius 1 is 1.30 bits per heavy atom. The van der Waals surface area contributed by atoms with Gasteiger partial charge in [-0.05, 0) is 38.9 Å². The number of halogens is 2. The predicted molar refractivity (Wildman–Crippen MR) is 83.6 cm³/mol. The van der Waals surface area contributed by atoms with Crippen molar-refractivity contribution >= 4 is 28.7 Å². The number of hydrogen-bond acceptors (Lipinski definition) is 4. The van der Waals surface area contributed by atoms with Crippen molar-refractivity contribution in [3.63, 3.8) is 0 Å². The lowest BCUT2D eigenvalue weighted by molar-refractivity contribution is 0.180. The first-order valence-electron chi connectivity index (χ1n) is 7.01. The first kappa shape index (κ1) is 15.2. The van der Waals surface area contributed by atoms with Gasteiger partial charge in [0.05, 0.1) is 17.1 Å². The molecule has 2 rings (SSSR count). The average Bonchev–Trinajstić information content (AvgIpc) is 2.45. The number of nitrogen functional groups attached to an aromatic ring is 2. The van der Waals surface area contributed by atoms with E-state index in [2.05, 4.69) is 17.1 Å². The molecule has 0 radical (unpaired) electrons. The monoisotopic (exact) mass is 300 g/mol. The van der Waals surface area contributed by atoms with Crippen LogP contribution in [0.2, 0.25) is 5.02 Å². The summed E-state index contributed by atoms with van der Waals surface area (Å²) in [4.78, 5) is 2.41. The third-order valence-electron chi connectivity index (χ3n) is 3.85. The maximum absolute atomic E-state index is 14.0. The van der Waals surface area contributed by atoms with Gasteiger partial charge in [0, 0.05) is 12.6 Å². The Bertz CT molecular complexity index is 475. The van der Waals surface area contributed by atoms with Crippen molar-refractivity contribution in [2.45, 2.75) is 32.2 Å². The van der Waals surface area contributed by atoms with Crippen LogP contribution in [0.25, 0.3) is 0 Å².